The summed E-state index contributed by atoms with van der Waals surface area (Å²) in [4.78, 5) is 44.9. The summed E-state index contributed by atoms with van der Waals surface area (Å²) in [5, 5.41) is 4.69. The number of aromatic amines is 1. The number of aromatic nitrogens is 2. The van der Waals surface area contributed by atoms with Gasteiger partial charge >= 0.3 is 6.03 Å². The van der Waals surface area contributed by atoms with E-state index in [2.05, 4.69) is 20.6 Å². The van der Waals surface area contributed by atoms with Crippen LogP contribution >= 0.6 is 0 Å². The minimum absolute atomic E-state index is 0.0274. The van der Waals surface area contributed by atoms with Gasteiger partial charge in [0.1, 0.15) is 11.9 Å². The van der Waals surface area contributed by atoms with Crippen LogP contribution in [0.3, 0.4) is 0 Å². The molecule has 4 amide bonds. The number of benzene rings is 1. The number of fused-ring (bicyclic) bond motifs is 1. The molecule has 0 bridgehead atoms. The highest BCUT2D eigenvalue weighted by Crippen LogP contribution is 2.23. The third-order valence-electron chi connectivity index (χ3n) is 4.74. The Balaban J connectivity index is 1.39. The van der Waals surface area contributed by atoms with Gasteiger partial charge in [-0.05, 0) is 6.42 Å². The molecule has 1 fully saturated rings. The molecule has 2 aliphatic rings. The molecule has 0 unspecified atom stereocenters. The van der Waals surface area contributed by atoms with Crippen molar-refractivity contribution in [3.05, 3.63) is 41.7 Å². The number of H-pyrrole nitrogens is 1. The number of urea groups is 1. The Morgan fingerprint density at radius 1 is 1.23 bits per heavy atom. The molecule has 134 valence electrons. The maximum atomic E-state index is 12.5. The molecule has 0 aliphatic carbocycles. The fourth-order valence-electron chi connectivity index (χ4n) is 3.33. The Labute approximate surface area is 150 Å². The van der Waals surface area contributed by atoms with Gasteiger partial charge in [0.15, 0.2) is 0 Å². The van der Waals surface area contributed by atoms with Crippen molar-refractivity contribution in [3.8, 4) is 11.4 Å². The van der Waals surface area contributed by atoms with Gasteiger partial charge in [-0.25, -0.2) is 9.78 Å². The van der Waals surface area contributed by atoms with Crippen LogP contribution in [-0.2, 0) is 22.6 Å². The number of amides is 4. The van der Waals surface area contributed by atoms with E-state index in [0.717, 1.165) is 22.8 Å². The van der Waals surface area contributed by atoms with Crippen molar-refractivity contribution in [2.45, 2.75) is 31.8 Å². The van der Waals surface area contributed by atoms with E-state index < -0.39 is 12.1 Å². The molecule has 1 aromatic heterocycles. The van der Waals surface area contributed by atoms with Crippen LogP contribution in [-0.4, -0.2) is 45.3 Å². The number of nitrogens with zero attached hydrogens (tertiary/aromatic N) is 2. The molecule has 0 radical (unpaired) electrons. The lowest BCUT2D eigenvalue weighted by Gasteiger charge is -2.26. The number of imidazole rings is 1. The highest BCUT2D eigenvalue weighted by Gasteiger charge is 2.31. The van der Waals surface area contributed by atoms with Gasteiger partial charge in [0.2, 0.25) is 5.91 Å². The largest absolute Gasteiger partial charge is 0.340 e. The van der Waals surface area contributed by atoms with Gasteiger partial charge in [0, 0.05) is 24.9 Å². The summed E-state index contributed by atoms with van der Waals surface area (Å²) in [6.07, 6.45) is 1.22. The molecule has 1 atom stereocenters. The highest BCUT2D eigenvalue weighted by atomic mass is 16.2. The molecule has 8 heteroatoms. The van der Waals surface area contributed by atoms with Crippen molar-refractivity contribution in [3.63, 3.8) is 0 Å². The Morgan fingerprint density at radius 3 is 2.77 bits per heavy atom. The minimum atomic E-state index is -0.622. The lowest BCUT2D eigenvalue weighted by atomic mass is 10.1. The SMILES string of the molecule is O=C1NC(=O)[C@H](CCC(=O)N2CCc3nc(-c4ccccc4)[nH]c3C2)N1. The molecular formula is C18H19N5O3. The zero-order valence-corrected chi connectivity index (χ0v) is 14.1. The molecule has 1 saturated heterocycles. The fourth-order valence-corrected chi connectivity index (χ4v) is 3.33. The van der Waals surface area contributed by atoms with Gasteiger partial charge in [-0.2, -0.15) is 0 Å². The van der Waals surface area contributed by atoms with Crippen molar-refractivity contribution >= 4 is 17.8 Å². The van der Waals surface area contributed by atoms with E-state index >= 15 is 0 Å². The van der Waals surface area contributed by atoms with Crippen LogP contribution in [0.15, 0.2) is 30.3 Å². The Bertz CT molecular complexity index is 861. The normalized spacial score (nSPS) is 19.1. The first kappa shape index (κ1) is 16.3. The Hall–Kier alpha value is -3.16. The van der Waals surface area contributed by atoms with Crippen molar-refractivity contribution in [1.82, 2.24) is 25.5 Å². The van der Waals surface area contributed by atoms with Gasteiger partial charge < -0.3 is 15.2 Å². The second-order valence-corrected chi connectivity index (χ2v) is 6.50. The summed E-state index contributed by atoms with van der Waals surface area (Å²) in [5.74, 6) is 0.417. The van der Waals surface area contributed by atoms with Crippen LogP contribution in [0.25, 0.3) is 11.4 Å². The molecule has 3 heterocycles. The molecule has 2 aromatic rings. The maximum absolute atomic E-state index is 12.5. The van der Waals surface area contributed by atoms with Crippen LogP contribution < -0.4 is 10.6 Å². The molecule has 8 nitrogen and oxygen atoms in total. The van der Waals surface area contributed by atoms with Gasteiger partial charge in [0.05, 0.1) is 17.9 Å². The third kappa shape index (κ3) is 3.17. The van der Waals surface area contributed by atoms with Crippen molar-refractivity contribution in [2.24, 2.45) is 0 Å². The van der Waals surface area contributed by atoms with Crippen molar-refractivity contribution in [2.75, 3.05) is 6.54 Å². The Morgan fingerprint density at radius 2 is 2.04 bits per heavy atom. The number of carbonyl (C=O) groups excluding carboxylic acids is 3. The van der Waals surface area contributed by atoms with E-state index in [0.29, 0.717) is 25.9 Å². The standard InChI is InChI=1S/C18H19N5O3/c24-15(7-6-13-17(25)22-18(26)21-13)23-9-8-12-14(10-23)20-16(19-12)11-4-2-1-3-5-11/h1-5,13H,6-10H2,(H,19,20)(H2,21,22,25,26)/t13-/m0/s1. The second kappa shape index (κ2) is 6.62. The van der Waals surface area contributed by atoms with E-state index in [1.54, 1.807) is 4.90 Å². The summed E-state index contributed by atoms with van der Waals surface area (Å²) >= 11 is 0. The number of rotatable bonds is 4. The molecule has 0 spiro atoms. The van der Waals surface area contributed by atoms with E-state index in [1.165, 1.54) is 0 Å². The molecule has 3 N–H and O–H groups in total. The topological polar surface area (TPSA) is 107 Å². The fraction of sp³-hybridized carbons (Fsp3) is 0.333. The molecule has 1 aromatic carbocycles. The zero-order chi connectivity index (χ0) is 18.1. The van der Waals surface area contributed by atoms with E-state index in [4.69, 9.17) is 0 Å². The number of nitrogens with one attached hydrogen (secondary N) is 3. The maximum Gasteiger partial charge on any atom is 0.322 e. The predicted octanol–water partition coefficient (Wildman–Crippen LogP) is 0.950. The minimum Gasteiger partial charge on any atom is -0.340 e. The summed E-state index contributed by atoms with van der Waals surface area (Å²) < 4.78 is 0. The van der Waals surface area contributed by atoms with E-state index in [1.807, 2.05) is 30.3 Å². The quantitative estimate of drug-likeness (QED) is 0.711. The lowest BCUT2D eigenvalue weighted by Crippen LogP contribution is -2.37. The lowest BCUT2D eigenvalue weighted by molar-refractivity contribution is -0.132. The molecule has 0 saturated carbocycles. The summed E-state index contributed by atoms with van der Waals surface area (Å²) in [7, 11) is 0. The third-order valence-corrected chi connectivity index (χ3v) is 4.74. The number of hydrogen-bond donors (Lipinski definition) is 3. The smallest absolute Gasteiger partial charge is 0.322 e. The molecular weight excluding hydrogens is 334 g/mol. The number of imide groups is 1. The van der Waals surface area contributed by atoms with Gasteiger partial charge in [-0.3, -0.25) is 14.9 Å². The van der Waals surface area contributed by atoms with Crippen LogP contribution in [0.2, 0.25) is 0 Å². The van der Waals surface area contributed by atoms with Crippen LogP contribution in [0.4, 0.5) is 4.79 Å². The first-order valence-electron chi connectivity index (χ1n) is 8.62. The highest BCUT2D eigenvalue weighted by molar-refractivity contribution is 6.04. The number of carbonyl (C=O) groups is 3. The zero-order valence-electron chi connectivity index (χ0n) is 14.1. The Kier molecular flexibility index (Phi) is 4.16. The molecule has 2 aliphatic heterocycles. The van der Waals surface area contributed by atoms with Crippen molar-refractivity contribution < 1.29 is 14.4 Å². The van der Waals surface area contributed by atoms with Gasteiger partial charge in [0.25, 0.3) is 5.91 Å². The summed E-state index contributed by atoms with van der Waals surface area (Å²) in [6.45, 7) is 1.09. The average molecular weight is 353 g/mol. The summed E-state index contributed by atoms with van der Waals surface area (Å²) in [6, 6.07) is 8.75. The monoisotopic (exact) mass is 353 g/mol. The van der Waals surface area contributed by atoms with Crippen LogP contribution in [0.5, 0.6) is 0 Å². The van der Waals surface area contributed by atoms with E-state index in [9.17, 15) is 14.4 Å². The summed E-state index contributed by atoms with van der Waals surface area (Å²) in [5.41, 5.74) is 2.97. The van der Waals surface area contributed by atoms with Crippen LogP contribution in [0.1, 0.15) is 24.2 Å². The predicted molar refractivity (Wildman–Crippen MR) is 92.8 cm³/mol. The van der Waals surface area contributed by atoms with Crippen LogP contribution in [0, 0.1) is 0 Å². The van der Waals surface area contributed by atoms with Crippen molar-refractivity contribution in [1.29, 1.82) is 0 Å². The average Bonchev–Trinajstić information content (AvgIpc) is 3.22. The molecule has 4 rings (SSSR count). The van der Waals surface area contributed by atoms with Gasteiger partial charge in [-0.15, -0.1) is 0 Å². The first-order chi connectivity index (χ1) is 12.6. The second-order valence-electron chi connectivity index (χ2n) is 6.50. The first-order valence-corrected chi connectivity index (χ1v) is 8.62. The number of hydrogen-bond acceptors (Lipinski definition) is 4. The van der Waals surface area contributed by atoms with E-state index in [-0.39, 0.29) is 18.2 Å². The van der Waals surface area contributed by atoms with Gasteiger partial charge in [-0.1, -0.05) is 30.3 Å². The molecule has 26 heavy (non-hydrogen) atoms.